The monoisotopic (exact) mass is 420 g/mol. The first-order chi connectivity index (χ1) is 14.3. The molecule has 0 saturated carbocycles. The fourth-order valence-corrected chi connectivity index (χ4v) is 4.44. The number of thioether (sulfide) groups is 1. The lowest BCUT2D eigenvalue weighted by Crippen LogP contribution is -2.29. The molecule has 0 fully saturated rings. The summed E-state index contributed by atoms with van der Waals surface area (Å²) in [6.45, 7) is 9.27. The van der Waals surface area contributed by atoms with E-state index in [1.807, 2.05) is 11.5 Å². The van der Waals surface area contributed by atoms with Gasteiger partial charge in [-0.25, -0.2) is 0 Å². The van der Waals surface area contributed by atoms with Crippen molar-refractivity contribution in [3.63, 3.8) is 0 Å². The van der Waals surface area contributed by atoms with Gasteiger partial charge >= 0.3 is 0 Å². The van der Waals surface area contributed by atoms with Gasteiger partial charge in [0.05, 0.1) is 17.0 Å². The van der Waals surface area contributed by atoms with Crippen LogP contribution in [0.3, 0.4) is 0 Å². The number of aromatic nitrogens is 3. The molecule has 0 saturated heterocycles. The molecule has 30 heavy (non-hydrogen) atoms. The smallest absolute Gasteiger partial charge is 0.262 e. The van der Waals surface area contributed by atoms with Gasteiger partial charge in [0, 0.05) is 12.1 Å². The number of fused-ring (bicyclic) bond motifs is 1. The Morgan fingerprint density at radius 2 is 1.50 bits per heavy atom. The molecule has 0 atom stereocenters. The normalized spacial score (nSPS) is 13.8. The molecule has 0 radical (unpaired) electrons. The molecule has 4 rings (SSSR count). The number of imide groups is 1. The molecule has 0 unspecified atom stereocenters. The summed E-state index contributed by atoms with van der Waals surface area (Å²) in [7, 11) is 0. The van der Waals surface area contributed by atoms with Crippen molar-refractivity contribution in [1.82, 2.24) is 19.7 Å². The Morgan fingerprint density at radius 1 is 0.900 bits per heavy atom. The molecule has 7 heteroatoms. The van der Waals surface area contributed by atoms with Crippen molar-refractivity contribution < 1.29 is 9.59 Å². The zero-order valence-electron chi connectivity index (χ0n) is 17.5. The second-order valence-electron chi connectivity index (χ2n) is 8.24. The molecule has 0 aliphatic carbocycles. The summed E-state index contributed by atoms with van der Waals surface area (Å²) in [5.74, 6) is 0.461. The van der Waals surface area contributed by atoms with Gasteiger partial charge in [-0.3, -0.25) is 14.5 Å². The van der Waals surface area contributed by atoms with Crippen LogP contribution in [-0.4, -0.2) is 37.4 Å². The quantitative estimate of drug-likeness (QED) is 0.445. The Morgan fingerprint density at radius 3 is 2.03 bits per heavy atom. The number of carbonyl (C=O) groups excluding carboxylic acids is 2. The molecule has 2 amide bonds. The van der Waals surface area contributed by atoms with Crippen molar-refractivity contribution in [2.45, 2.75) is 44.8 Å². The van der Waals surface area contributed by atoms with Crippen molar-refractivity contribution in [1.29, 1.82) is 0 Å². The standard InChI is InChI=1S/C23H24N4O2S/c1-5-26-19(15-10-12-16(13-11-15)23(2,3)4)24-25-22(26)30-14-27-20(28)17-8-6-7-9-18(17)21(27)29/h6-13H,5,14H2,1-4H3. The summed E-state index contributed by atoms with van der Waals surface area (Å²) < 4.78 is 2.01. The third-order valence-corrected chi connectivity index (χ3v) is 6.19. The number of amides is 2. The fraction of sp³-hybridized carbons (Fsp3) is 0.304. The van der Waals surface area contributed by atoms with Crippen LogP contribution in [0, 0.1) is 0 Å². The van der Waals surface area contributed by atoms with Crippen molar-refractivity contribution in [2.24, 2.45) is 0 Å². The molecule has 3 aromatic rings. The van der Waals surface area contributed by atoms with E-state index in [-0.39, 0.29) is 23.1 Å². The Bertz CT molecular complexity index is 1080. The van der Waals surface area contributed by atoms with Crippen LogP contribution < -0.4 is 0 Å². The molecule has 1 aromatic heterocycles. The minimum Gasteiger partial charge on any atom is -0.302 e. The van der Waals surface area contributed by atoms with Gasteiger partial charge in [-0.15, -0.1) is 10.2 Å². The van der Waals surface area contributed by atoms with Crippen LogP contribution >= 0.6 is 11.8 Å². The topological polar surface area (TPSA) is 68.1 Å². The van der Waals surface area contributed by atoms with E-state index in [9.17, 15) is 9.59 Å². The molecule has 2 heterocycles. The van der Waals surface area contributed by atoms with E-state index in [0.29, 0.717) is 22.8 Å². The average Bonchev–Trinajstić information content (AvgIpc) is 3.25. The van der Waals surface area contributed by atoms with Crippen LogP contribution in [0.15, 0.2) is 53.7 Å². The first-order valence-corrected chi connectivity index (χ1v) is 10.9. The highest BCUT2D eigenvalue weighted by atomic mass is 32.2. The number of hydrogen-bond acceptors (Lipinski definition) is 5. The summed E-state index contributed by atoms with van der Waals surface area (Å²) >= 11 is 1.34. The summed E-state index contributed by atoms with van der Waals surface area (Å²) in [5, 5.41) is 9.38. The average molecular weight is 421 g/mol. The van der Waals surface area contributed by atoms with Crippen LogP contribution in [-0.2, 0) is 12.0 Å². The molecule has 1 aliphatic heterocycles. The highest BCUT2D eigenvalue weighted by Gasteiger charge is 2.35. The zero-order chi connectivity index (χ0) is 21.5. The first-order valence-electron chi connectivity index (χ1n) is 9.93. The molecule has 6 nitrogen and oxygen atoms in total. The van der Waals surface area contributed by atoms with E-state index >= 15 is 0 Å². The van der Waals surface area contributed by atoms with Crippen LogP contribution in [0.25, 0.3) is 11.4 Å². The molecule has 2 aromatic carbocycles. The van der Waals surface area contributed by atoms with Gasteiger partial charge in [-0.1, -0.05) is 68.9 Å². The van der Waals surface area contributed by atoms with Gasteiger partial charge in [-0.2, -0.15) is 0 Å². The van der Waals surface area contributed by atoms with Crippen LogP contribution in [0.2, 0.25) is 0 Å². The number of rotatable bonds is 5. The van der Waals surface area contributed by atoms with Gasteiger partial charge in [0.15, 0.2) is 11.0 Å². The van der Waals surface area contributed by atoms with E-state index < -0.39 is 0 Å². The van der Waals surface area contributed by atoms with E-state index in [4.69, 9.17) is 0 Å². The van der Waals surface area contributed by atoms with Gasteiger partial charge in [0.1, 0.15) is 0 Å². The number of nitrogens with zero attached hydrogens (tertiary/aromatic N) is 4. The zero-order valence-corrected chi connectivity index (χ0v) is 18.4. The highest BCUT2D eigenvalue weighted by Crippen LogP contribution is 2.30. The largest absolute Gasteiger partial charge is 0.302 e. The second kappa shape index (κ2) is 7.72. The van der Waals surface area contributed by atoms with E-state index in [2.05, 4.69) is 55.2 Å². The Kier molecular flexibility index (Phi) is 5.24. The predicted octanol–water partition coefficient (Wildman–Crippen LogP) is 4.61. The van der Waals surface area contributed by atoms with Crippen LogP contribution in [0.4, 0.5) is 0 Å². The molecule has 1 aliphatic rings. The first kappa shape index (κ1) is 20.3. The SMILES string of the molecule is CCn1c(SCN2C(=O)c3ccccc3C2=O)nnc1-c1ccc(C(C)(C)C)cc1. The minimum atomic E-state index is -0.261. The fourth-order valence-electron chi connectivity index (χ4n) is 3.49. The predicted molar refractivity (Wildman–Crippen MR) is 117 cm³/mol. The van der Waals surface area contributed by atoms with E-state index in [1.54, 1.807) is 24.3 Å². The lowest BCUT2D eigenvalue weighted by atomic mass is 9.87. The summed E-state index contributed by atoms with van der Waals surface area (Å²) in [4.78, 5) is 26.4. The van der Waals surface area contributed by atoms with Crippen molar-refractivity contribution in [2.75, 3.05) is 5.88 Å². The number of carbonyl (C=O) groups is 2. The van der Waals surface area contributed by atoms with Crippen molar-refractivity contribution >= 4 is 23.6 Å². The number of hydrogen-bond donors (Lipinski definition) is 0. The van der Waals surface area contributed by atoms with Gasteiger partial charge in [0.25, 0.3) is 11.8 Å². The van der Waals surface area contributed by atoms with Crippen molar-refractivity contribution in [3.05, 3.63) is 65.2 Å². The highest BCUT2D eigenvalue weighted by molar-refractivity contribution is 7.99. The summed E-state index contributed by atoms with van der Waals surface area (Å²) in [5.41, 5.74) is 3.25. The maximum Gasteiger partial charge on any atom is 0.262 e. The molecule has 0 spiro atoms. The van der Waals surface area contributed by atoms with Gasteiger partial charge in [-0.05, 0) is 30.0 Å². The maximum absolute atomic E-state index is 12.6. The lowest BCUT2D eigenvalue weighted by molar-refractivity contribution is 0.0684. The van der Waals surface area contributed by atoms with Crippen LogP contribution in [0.5, 0.6) is 0 Å². The third-order valence-electron chi connectivity index (χ3n) is 5.24. The van der Waals surface area contributed by atoms with Gasteiger partial charge < -0.3 is 4.57 Å². The molecule has 0 N–H and O–H groups in total. The lowest BCUT2D eigenvalue weighted by Gasteiger charge is -2.19. The third kappa shape index (κ3) is 3.54. The second-order valence-corrected chi connectivity index (χ2v) is 9.15. The number of benzene rings is 2. The summed E-state index contributed by atoms with van der Waals surface area (Å²) in [6.07, 6.45) is 0. The summed E-state index contributed by atoms with van der Waals surface area (Å²) in [6, 6.07) is 15.3. The van der Waals surface area contributed by atoms with E-state index in [0.717, 1.165) is 11.4 Å². The molecule has 0 bridgehead atoms. The molecular weight excluding hydrogens is 396 g/mol. The van der Waals surface area contributed by atoms with Crippen LogP contribution in [0.1, 0.15) is 54.0 Å². The molecule has 154 valence electrons. The minimum absolute atomic E-state index is 0.0877. The maximum atomic E-state index is 12.6. The Labute approximate surface area is 180 Å². The molecular formula is C23H24N4O2S. The van der Waals surface area contributed by atoms with Crippen molar-refractivity contribution in [3.8, 4) is 11.4 Å². The Balaban J connectivity index is 1.54. The van der Waals surface area contributed by atoms with Gasteiger partial charge in [0.2, 0.25) is 0 Å². The van der Waals surface area contributed by atoms with E-state index in [1.165, 1.54) is 22.2 Å². The Hall–Kier alpha value is -2.93.